The molecule has 1 N–H and O–H groups in total. The van der Waals surface area contributed by atoms with Crippen LogP contribution in [0.4, 0.5) is 0 Å². The summed E-state index contributed by atoms with van der Waals surface area (Å²) in [5.41, 5.74) is 6.07. The molecular formula is C36H63N. The second-order valence-electron chi connectivity index (χ2n) is 13.2. The van der Waals surface area contributed by atoms with Crippen molar-refractivity contribution < 1.29 is 0 Å². The highest BCUT2D eigenvalue weighted by molar-refractivity contribution is 5.32. The molecule has 0 radical (unpaired) electrons. The first kappa shape index (κ1) is 32.0. The van der Waals surface area contributed by atoms with E-state index in [9.17, 15) is 0 Å². The van der Waals surface area contributed by atoms with E-state index >= 15 is 0 Å². The van der Waals surface area contributed by atoms with Crippen LogP contribution in [0.5, 0.6) is 0 Å². The third-order valence-corrected chi connectivity index (χ3v) is 9.33. The average Bonchev–Trinajstić information content (AvgIpc) is 2.87. The van der Waals surface area contributed by atoms with Crippen molar-refractivity contribution in [1.29, 1.82) is 0 Å². The van der Waals surface area contributed by atoms with Crippen LogP contribution in [0, 0.1) is 29.6 Å². The molecule has 1 aliphatic rings. The molecule has 0 bridgehead atoms. The fraction of sp³-hybridized carbons (Fsp3) is 0.778. The van der Waals surface area contributed by atoms with Gasteiger partial charge in [-0.3, -0.25) is 0 Å². The monoisotopic (exact) mass is 509 g/mol. The molecule has 1 heteroatoms. The Morgan fingerprint density at radius 3 is 2.24 bits per heavy atom. The third kappa shape index (κ3) is 11.6. The summed E-state index contributed by atoms with van der Waals surface area (Å²) in [6.45, 7) is 21.3. The molecule has 1 aliphatic carbocycles. The van der Waals surface area contributed by atoms with Crippen molar-refractivity contribution >= 4 is 0 Å². The number of aryl methyl sites for hydroxylation is 2. The van der Waals surface area contributed by atoms with Gasteiger partial charge in [-0.25, -0.2) is 0 Å². The second-order valence-corrected chi connectivity index (χ2v) is 13.2. The highest BCUT2D eigenvalue weighted by Crippen LogP contribution is 2.32. The molecule has 0 heterocycles. The first-order valence-corrected chi connectivity index (χ1v) is 16.3. The van der Waals surface area contributed by atoms with Gasteiger partial charge in [0.15, 0.2) is 0 Å². The maximum absolute atomic E-state index is 4.55. The summed E-state index contributed by atoms with van der Waals surface area (Å²) in [6, 6.07) is 8.10. The number of unbranched alkanes of at least 4 members (excludes halogenated alkanes) is 3. The van der Waals surface area contributed by atoms with Crippen LogP contribution in [0.15, 0.2) is 30.5 Å². The zero-order chi connectivity index (χ0) is 27.2. The van der Waals surface area contributed by atoms with Gasteiger partial charge in [0.2, 0.25) is 0 Å². The van der Waals surface area contributed by atoms with E-state index in [1.165, 1.54) is 95.6 Å². The lowest BCUT2D eigenvalue weighted by Crippen LogP contribution is -2.34. The number of rotatable bonds is 18. The topological polar surface area (TPSA) is 12.0 Å². The molecule has 0 saturated heterocycles. The summed E-state index contributed by atoms with van der Waals surface area (Å²) in [4.78, 5) is 0. The van der Waals surface area contributed by atoms with Gasteiger partial charge in [0.25, 0.3) is 0 Å². The quantitative estimate of drug-likeness (QED) is 0.194. The summed E-state index contributed by atoms with van der Waals surface area (Å²) in [6.07, 6.45) is 19.8. The maximum atomic E-state index is 4.55. The highest BCUT2D eigenvalue weighted by Gasteiger charge is 2.24. The minimum atomic E-state index is 0.589. The Morgan fingerprint density at radius 1 is 0.892 bits per heavy atom. The SMILES string of the molecule is C=C(NC1CCCCC1)C(C[C@H](C)CCC(Cc1ccc(CC)c(CCCCCC)c1)C(C)C)C(C)C. The zero-order valence-electron chi connectivity index (χ0n) is 26.0. The van der Waals surface area contributed by atoms with Crippen LogP contribution in [0.3, 0.4) is 0 Å². The smallest absolute Gasteiger partial charge is 0.0258 e. The molecule has 0 amide bonds. The predicted molar refractivity (Wildman–Crippen MR) is 166 cm³/mol. The molecule has 1 saturated carbocycles. The summed E-state index contributed by atoms with van der Waals surface area (Å²) in [5, 5.41) is 3.86. The molecule has 37 heavy (non-hydrogen) atoms. The lowest BCUT2D eigenvalue weighted by Gasteiger charge is -2.32. The number of hydrogen-bond acceptors (Lipinski definition) is 1. The Balaban J connectivity index is 1.93. The van der Waals surface area contributed by atoms with Crippen LogP contribution in [0.1, 0.15) is 142 Å². The normalized spacial score (nSPS) is 17.2. The second kappa shape index (κ2) is 17.4. The van der Waals surface area contributed by atoms with E-state index in [2.05, 4.69) is 78.6 Å². The maximum Gasteiger partial charge on any atom is 0.0258 e. The van der Waals surface area contributed by atoms with E-state index in [0.29, 0.717) is 17.9 Å². The standard InChI is InChI=1S/C36H63N/c1-9-11-12-14-17-34-26-31(21-23-32(34)10-2)25-33(27(3)4)22-20-29(7)24-36(28(5)6)30(8)37-35-18-15-13-16-19-35/h21,23,26-29,33,35-37H,8-20,22,24-25H2,1-7H3/t29-,33?,36?/m1/s1. The third-order valence-electron chi connectivity index (χ3n) is 9.33. The number of hydrogen-bond donors (Lipinski definition) is 1. The average molecular weight is 510 g/mol. The summed E-state index contributed by atoms with van der Waals surface area (Å²) in [7, 11) is 0. The minimum Gasteiger partial charge on any atom is -0.386 e. The Kier molecular flexibility index (Phi) is 15.0. The van der Waals surface area contributed by atoms with Gasteiger partial charge in [0.1, 0.15) is 0 Å². The van der Waals surface area contributed by atoms with Gasteiger partial charge in [-0.05, 0) is 91.7 Å². The van der Waals surface area contributed by atoms with Gasteiger partial charge in [0, 0.05) is 17.7 Å². The summed E-state index contributed by atoms with van der Waals surface area (Å²) < 4.78 is 0. The molecule has 1 aromatic carbocycles. The largest absolute Gasteiger partial charge is 0.386 e. The van der Waals surface area contributed by atoms with Crippen LogP contribution in [-0.2, 0) is 19.3 Å². The molecule has 1 aromatic rings. The van der Waals surface area contributed by atoms with Crippen molar-refractivity contribution in [3.8, 4) is 0 Å². The fourth-order valence-corrected chi connectivity index (χ4v) is 6.58. The van der Waals surface area contributed by atoms with Gasteiger partial charge in [-0.15, -0.1) is 0 Å². The molecule has 1 fully saturated rings. The Hall–Kier alpha value is -1.24. The summed E-state index contributed by atoms with van der Waals surface area (Å²) in [5.74, 6) is 3.49. The highest BCUT2D eigenvalue weighted by atomic mass is 14.9. The van der Waals surface area contributed by atoms with Gasteiger partial charge in [0.05, 0.1) is 0 Å². The van der Waals surface area contributed by atoms with E-state index in [1.54, 1.807) is 16.7 Å². The van der Waals surface area contributed by atoms with Crippen molar-refractivity contribution in [2.75, 3.05) is 0 Å². The fourth-order valence-electron chi connectivity index (χ4n) is 6.58. The van der Waals surface area contributed by atoms with Crippen LogP contribution >= 0.6 is 0 Å². The summed E-state index contributed by atoms with van der Waals surface area (Å²) >= 11 is 0. The Bertz CT molecular complexity index is 754. The van der Waals surface area contributed by atoms with Gasteiger partial charge in [-0.1, -0.05) is 118 Å². The zero-order valence-corrected chi connectivity index (χ0v) is 26.0. The molecular weight excluding hydrogens is 446 g/mol. The minimum absolute atomic E-state index is 0.589. The molecule has 3 atom stereocenters. The van der Waals surface area contributed by atoms with E-state index in [4.69, 9.17) is 0 Å². The van der Waals surface area contributed by atoms with E-state index in [1.807, 2.05) is 0 Å². The Morgan fingerprint density at radius 2 is 1.62 bits per heavy atom. The van der Waals surface area contributed by atoms with Crippen LogP contribution < -0.4 is 5.32 Å². The molecule has 1 nitrogen and oxygen atoms in total. The lowest BCUT2D eigenvalue weighted by atomic mass is 9.79. The first-order chi connectivity index (χ1) is 17.7. The molecule has 0 spiro atoms. The van der Waals surface area contributed by atoms with E-state index < -0.39 is 0 Å². The van der Waals surface area contributed by atoms with Crippen molar-refractivity contribution in [1.82, 2.24) is 5.32 Å². The predicted octanol–water partition coefficient (Wildman–Crippen LogP) is 10.7. The first-order valence-electron chi connectivity index (χ1n) is 16.3. The molecule has 2 rings (SSSR count). The molecule has 212 valence electrons. The van der Waals surface area contributed by atoms with E-state index in [-0.39, 0.29) is 0 Å². The number of allylic oxidation sites excluding steroid dienone is 1. The van der Waals surface area contributed by atoms with Crippen LogP contribution in [-0.4, -0.2) is 6.04 Å². The van der Waals surface area contributed by atoms with Crippen molar-refractivity contribution in [3.05, 3.63) is 47.2 Å². The van der Waals surface area contributed by atoms with Crippen molar-refractivity contribution in [2.24, 2.45) is 29.6 Å². The van der Waals surface area contributed by atoms with Crippen LogP contribution in [0.25, 0.3) is 0 Å². The number of nitrogens with one attached hydrogen (secondary N) is 1. The number of benzene rings is 1. The van der Waals surface area contributed by atoms with Gasteiger partial charge in [-0.2, -0.15) is 0 Å². The lowest BCUT2D eigenvalue weighted by molar-refractivity contribution is 0.275. The van der Waals surface area contributed by atoms with Gasteiger partial charge >= 0.3 is 0 Å². The van der Waals surface area contributed by atoms with Crippen molar-refractivity contribution in [2.45, 2.75) is 151 Å². The molecule has 2 unspecified atom stereocenters. The Labute approximate surface area is 232 Å². The van der Waals surface area contributed by atoms with Crippen LogP contribution in [0.2, 0.25) is 0 Å². The van der Waals surface area contributed by atoms with E-state index in [0.717, 1.165) is 24.2 Å². The van der Waals surface area contributed by atoms with Crippen molar-refractivity contribution in [3.63, 3.8) is 0 Å². The molecule has 0 aliphatic heterocycles. The molecule has 0 aromatic heterocycles. The van der Waals surface area contributed by atoms with Gasteiger partial charge < -0.3 is 5.32 Å².